The summed E-state index contributed by atoms with van der Waals surface area (Å²) < 4.78 is 28.6. The second kappa shape index (κ2) is 5.36. The van der Waals surface area contributed by atoms with Crippen LogP contribution < -0.4 is 4.74 Å². The molecule has 0 spiro atoms. The Morgan fingerprint density at radius 2 is 2.14 bits per heavy atom. The lowest BCUT2D eigenvalue weighted by Crippen LogP contribution is -2.08. The van der Waals surface area contributed by atoms with Crippen molar-refractivity contribution in [3.63, 3.8) is 0 Å². The number of rotatable bonds is 3. The van der Waals surface area contributed by atoms with Gasteiger partial charge in [-0.3, -0.25) is 9.78 Å². The predicted octanol–water partition coefficient (Wildman–Crippen LogP) is 3.22. The molecule has 1 heterocycles. The van der Waals surface area contributed by atoms with Gasteiger partial charge in [0.25, 0.3) is 0 Å². The molecule has 1 aliphatic carbocycles. The Hall–Kier alpha value is -2.50. The molecule has 1 N–H and O–H groups in total. The summed E-state index contributed by atoms with van der Waals surface area (Å²) in [4.78, 5) is 16.5. The minimum atomic E-state index is -3.01. The number of Topliss-reactive ketones (excluding diaryl/α,β-unsaturated/α-hetero) is 1. The van der Waals surface area contributed by atoms with E-state index < -0.39 is 18.3 Å². The second-order valence-electron chi connectivity index (χ2n) is 5.21. The first-order valence-corrected chi connectivity index (χ1v) is 6.72. The van der Waals surface area contributed by atoms with E-state index in [1.807, 2.05) is 6.92 Å². The SMILES string of the molecule is Cc1cncc2c1C[C@@H](c1ccc(OC(F)F)c(O)c1)C2=O. The van der Waals surface area contributed by atoms with Crippen molar-refractivity contribution in [2.75, 3.05) is 0 Å². The largest absolute Gasteiger partial charge is 0.504 e. The maximum absolute atomic E-state index is 12.5. The number of hydrogen-bond donors (Lipinski definition) is 1. The molecule has 0 unspecified atom stereocenters. The Morgan fingerprint density at radius 3 is 2.77 bits per heavy atom. The predicted molar refractivity (Wildman–Crippen MR) is 74.5 cm³/mol. The fourth-order valence-electron chi connectivity index (χ4n) is 2.78. The Labute approximate surface area is 125 Å². The molecule has 1 aromatic heterocycles. The van der Waals surface area contributed by atoms with Gasteiger partial charge in [-0.25, -0.2) is 0 Å². The fourth-order valence-corrected chi connectivity index (χ4v) is 2.78. The van der Waals surface area contributed by atoms with Gasteiger partial charge in [0.05, 0.1) is 5.92 Å². The number of ketones is 1. The van der Waals surface area contributed by atoms with Crippen LogP contribution in [0.2, 0.25) is 0 Å². The van der Waals surface area contributed by atoms with Crippen molar-refractivity contribution in [1.29, 1.82) is 0 Å². The van der Waals surface area contributed by atoms with E-state index in [1.54, 1.807) is 12.4 Å². The lowest BCUT2D eigenvalue weighted by atomic mass is 9.94. The molecule has 1 atom stereocenters. The number of phenols is 1. The van der Waals surface area contributed by atoms with Gasteiger partial charge in [0.1, 0.15) is 0 Å². The summed E-state index contributed by atoms with van der Waals surface area (Å²) in [5.74, 6) is -1.23. The molecule has 0 bridgehead atoms. The molecule has 6 heteroatoms. The highest BCUT2D eigenvalue weighted by atomic mass is 19.3. The summed E-state index contributed by atoms with van der Waals surface area (Å²) >= 11 is 0. The van der Waals surface area contributed by atoms with Crippen LogP contribution in [0.25, 0.3) is 0 Å². The number of aryl methyl sites for hydroxylation is 1. The van der Waals surface area contributed by atoms with E-state index in [-0.39, 0.29) is 11.5 Å². The number of fused-ring (bicyclic) bond motifs is 1. The van der Waals surface area contributed by atoms with Crippen LogP contribution in [0.4, 0.5) is 8.78 Å². The maximum Gasteiger partial charge on any atom is 0.387 e. The lowest BCUT2D eigenvalue weighted by molar-refractivity contribution is -0.0512. The smallest absolute Gasteiger partial charge is 0.387 e. The average molecular weight is 305 g/mol. The molecule has 0 amide bonds. The van der Waals surface area contributed by atoms with Gasteiger partial charge in [-0.05, 0) is 42.2 Å². The highest BCUT2D eigenvalue weighted by Gasteiger charge is 2.33. The summed E-state index contributed by atoms with van der Waals surface area (Å²) in [5.41, 5.74) is 3.03. The third-order valence-electron chi connectivity index (χ3n) is 3.86. The van der Waals surface area contributed by atoms with Crippen LogP contribution in [0, 0.1) is 6.92 Å². The molecular formula is C16H13F2NO3. The Morgan fingerprint density at radius 1 is 1.36 bits per heavy atom. The van der Waals surface area contributed by atoms with Crippen molar-refractivity contribution < 1.29 is 23.4 Å². The monoisotopic (exact) mass is 305 g/mol. The topological polar surface area (TPSA) is 59.4 Å². The molecule has 2 aromatic rings. The highest BCUT2D eigenvalue weighted by Crippen LogP contribution is 2.38. The molecule has 4 nitrogen and oxygen atoms in total. The first-order valence-electron chi connectivity index (χ1n) is 6.72. The third kappa shape index (κ3) is 2.41. The summed E-state index contributed by atoms with van der Waals surface area (Å²) in [5, 5.41) is 9.78. The molecule has 0 fully saturated rings. The van der Waals surface area contributed by atoms with Gasteiger partial charge in [0.15, 0.2) is 17.3 Å². The number of alkyl halides is 2. The number of halogens is 2. The lowest BCUT2D eigenvalue weighted by Gasteiger charge is -2.12. The Kier molecular flexibility index (Phi) is 3.52. The minimum Gasteiger partial charge on any atom is -0.504 e. The van der Waals surface area contributed by atoms with Crippen LogP contribution in [-0.4, -0.2) is 22.5 Å². The number of phenolic OH excluding ortho intramolecular Hbond substituents is 1. The van der Waals surface area contributed by atoms with Crippen molar-refractivity contribution in [2.24, 2.45) is 0 Å². The van der Waals surface area contributed by atoms with Crippen LogP contribution >= 0.6 is 0 Å². The minimum absolute atomic E-state index is 0.0758. The summed E-state index contributed by atoms with van der Waals surface area (Å²) in [7, 11) is 0. The molecule has 0 saturated carbocycles. The van der Waals surface area contributed by atoms with E-state index in [4.69, 9.17) is 0 Å². The normalized spacial score (nSPS) is 16.9. The van der Waals surface area contributed by atoms with Crippen LogP contribution in [-0.2, 0) is 6.42 Å². The Bertz CT molecular complexity index is 746. The second-order valence-corrected chi connectivity index (χ2v) is 5.21. The van der Waals surface area contributed by atoms with E-state index in [2.05, 4.69) is 9.72 Å². The molecular weight excluding hydrogens is 292 g/mol. The van der Waals surface area contributed by atoms with Crippen molar-refractivity contribution in [1.82, 2.24) is 4.98 Å². The first kappa shape index (κ1) is 14.4. The molecule has 22 heavy (non-hydrogen) atoms. The summed E-state index contributed by atoms with van der Waals surface area (Å²) in [6.07, 6.45) is 3.75. The number of ether oxygens (including phenoxy) is 1. The highest BCUT2D eigenvalue weighted by molar-refractivity contribution is 6.05. The third-order valence-corrected chi connectivity index (χ3v) is 3.86. The van der Waals surface area contributed by atoms with Crippen molar-refractivity contribution in [3.05, 3.63) is 52.8 Å². The van der Waals surface area contributed by atoms with E-state index in [1.165, 1.54) is 18.2 Å². The van der Waals surface area contributed by atoms with Gasteiger partial charge in [-0.1, -0.05) is 6.07 Å². The molecule has 1 aliphatic rings. The van der Waals surface area contributed by atoms with Crippen LogP contribution in [0.5, 0.6) is 11.5 Å². The van der Waals surface area contributed by atoms with E-state index in [0.29, 0.717) is 17.5 Å². The van der Waals surface area contributed by atoms with E-state index in [0.717, 1.165) is 11.1 Å². The van der Waals surface area contributed by atoms with Gasteiger partial charge in [-0.2, -0.15) is 8.78 Å². The zero-order chi connectivity index (χ0) is 15.9. The van der Waals surface area contributed by atoms with E-state index in [9.17, 15) is 18.7 Å². The van der Waals surface area contributed by atoms with Gasteiger partial charge >= 0.3 is 6.61 Å². The molecule has 0 aliphatic heterocycles. The maximum atomic E-state index is 12.5. The first-order chi connectivity index (χ1) is 10.5. The molecule has 0 radical (unpaired) electrons. The number of carbonyl (C=O) groups is 1. The number of carbonyl (C=O) groups excluding carboxylic acids is 1. The zero-order valence-electron chi connectivity index (χ0n) is 11.7. The zero-order valence-corrected chi connectivity index (χ0v) is 11.7. The summed E-state index contributed by atoms with van der Waals surface area (Å²) in [6, 6.07) is 4.07. The number of aromatic nitrogens is 1. The van der Waals surface area contributed by atoms with Crippen molar-refractivity contribution >= 4 is 5.78 Å². The Balaban J connectivity index is 1.92. The number of aromatic hydroxyl groups is 1. The van der Waals surface area contributed by atoms with Crippen molar-refractivity contribution in [3.8, 4) is 11.5 Å². The number of hydrogen-bond acceptors (Lipinski definition) is 4. The van der Waals surface area contributed by atoms with Gasteiger partial charge in [0, 0.05) is 18.0 Å². The van der Waals surface area contributed by atoms with Crippen molar-refractivity contribution in [2.45, 2.75) is 25.9 Å². The quantitative estimate of drug-likeness (QED) is 0.946. The average Bonchev–Trinajstić information content (AvgIpc) is 2.80. The molecule has 114 valence electrons. The molecule has 3 rings (SSSR count). The number of benzene rings is 1. The molecule has 0 saturated heterocycles. The van der Waals surface area contributed by atoms with Gasteiger partial charge in [0.2, 0.25) is 0 Å². The summed E-state index contributed by atoms with van der Waals surface area (Å²) in [6.45, 7) is -1.12. The van der Waals surface area contributed by atoms with E-state index >= 15 is 0 Å². The van der Waals surface area contributed by atoms with Crippen LogP contribution in [0.15, 0.2) is 30.6 Å². The van der Waals surface area contributed by atoms with Crippen LogP contribution in [0.1, 0.15) is 33.0 Å². The van der Waals surface area contributed by atoms with Gasteiger partial charge < -0.3 is 9.84 Å². The standard InChI is InChI=1S/C16H13F2NO3/c1-8-6-19-7-12-10(8)5-11(15(12)21)9-2-3-14(13(20)4-9)22-16(17)18/h2-4,6-7,11,16,20H,5H2,1H3/t11-/m0/s1. The fraction of sp³-hybridized carbons (Fsp3) is 0.250. The number of pyridine rings is 1. The van der Waals surface area contributed by atoms with Crippen LogP contribution in [0.3, 0.4) is 0 Å². The molecule has 1 aromatic carbocycles. The van der Waals surface area contributed by atoms with Gasteiger partial charge in [-0.15, -0.1) is 0 Å². The number of nitrogens with zero attached hydrogens (tertiary/aromatic N) is 1.